The SMILES string of the molecule is Cc1nc(C(=O)NC2CCN(CCOc3ccc(Br)cc3)CC2)cs1. The maximum atomic E-state index is 12.2. The first-order chi connectivity index (χ1) is 12.1. The number of ether oxygens (including phenoxy) is 1. The number of carbonyl (C=O) groups excluding carboxylic acids is 1. The molecule has 1 aromatic carbocycles. The monoisotopic (exact) mass is 423 g/mol. The summed E-state index contributed by atoms with van der Waals surface area (Å²) in [5.74, 6) is 0.838. The van der Waals surface area contributed by atoms with Crippen molar-refractivity contribution in [2.75, 3.05) is 26.2 Å². The Morgan fingerprint density at radius 1 is 1.36 bits per heavy atom. The number of aryl methyl sites for hydroxylation is 1. The van der Waals surface area contributed by atoms with E-state index in [2.05, 4.69) is 31.1 Å². The molecule has 1 aliphatic rings. The van der Waals surface area contributed by atoms with Crippen molar-refractivity contribution in [3.05, 3.63) is 44.8 Å². The third kappa shape index (κ3) is 5.52. The van der Waals surface area contributed by atoms with E-state index in [1.54, 1.807) is 0 Å². The molecule has 3 rings (SSSR count). The van der Waals surface area contributed by atoms with Crippen LogP contribution in [0.25, 0.3) is 0 Å². The fraction of sp³-hybridized carbons (Fsp3) is 0.444. The fourth-order valence-electron chi connectivity index (χ4n) is 2.85. The van der Waals surface area contributed by atoms with Crippen LogP contribution in [0.15, 0.2) is 34.1 Å². The minimum atomic E-state index is -0.0543. The van der Waals surface area contributed by atoms with Crippen LogP contribution >= 0.6 is 27.3 Å². The Hall–Kier alpha value is -1.44. The number of thiazole rings is 1. The van der Waals surface area contributed by atoms with Gasteiger partial charge < -0.3 is 10.1 Å². The molecule has 134 valence electrons. The molecular formula is C18H22BrN3O2S. The molecule has 7 heteroatoms. The van der Waals surface area contributed by atoms with Crippen LogP contribution in [0.4, 0.5) is 0 Å². The van der Waals surface area contributed by atoms with E-state index in [1.165, 1.54) is 11.3 Å². The maximum Gasteiger partial charge on any atom is 0.270 e. The smallest absolute Gasteiger partial charge is 0.270 e. The minimum absolute atomic E-state index is 0.0543. The van der Waals surface area contributed by atoms with Gasteiger partial charge in [-0.3, -0.25) is 9.69 Å². The lowest BCUT2D eigenvalue weighted by atomic mass is 10.0. The number of halogens is 1. The van der Waals surface area contributed by atoms with Crippen LogP contribution in [0.1, 0.15) is 28.3 Å². The van der Waals surface area contributed by atoms with Gasteiger partial charge in [-0.1, -0.05) is 15.9 Å². The Morgan fingerprint density at radius 3 is 2.72 bits per heavy atom. The Balaban J connectivity index is 1.35. The molecule has 1 aromatic heterocycles. The van der Waals surface area contributed by atoms with E-state index in [4.69, 9.17) is 4.74 Å². The molecular weight excluding hydrogens is 402 g/mol. The standard InChI is InChI=1S/C18H22BrN3O2S/c1-13-20-17(12-25-13)18(23)21-15-6-8-22(9-7-15)10-11-24-16-4-2-14(19)3-5-16/h2-5,12,15H,6-11H2,1H3,(H,21,23). The fourth-order valence-corrected chi connectivity index (χ4v) is 3.71. The Kier molecular flexibility index (Phi) is 6.45. The van der Waals surface area contributed by atoms with Crippen molar-refractivity contribution in [1.82, 2.24) is 15.2 Å². The van der Waals surface area contributed by atoms with Gasteiger partial charge in [0.2, 0.25) is 0 Å². The minimum Gasteiger partial charge on any atom is -0.492 e. The van der Waals surface area contributed by atoms with Crippen LogP contribution in [-0.2, 0) is 0 Å². The summed E-state index contributed by atoms with van der Waals surface area (Å²) in [6.45, 7) is 5.45. The second kappa shape index (κ2) is 8.78. The zero-order valence-electron chi connectivity index (χ0n) is 14.2. The molecule has 1 saturated heterocycles. The second-order valence-electron chi connectivity index (χ2n) is 6.14. The van der Waals surface area contributed by atoms with E-state index in [9.17, 15) is 4.79 Å². The molecule has 0 radical (unpaired) electrons. The molecule has 1 amide bonds. The zero-order chi connectivity index (χ0) is 17.6. The van der Waals surface area contributed by atoms with Crippen molar-refractivity contribution in [3.63, 3.8) is 0 Å². The highest BCUT2D eigenvalue weighted by molar-refractivity contribution is 9.10. The van der Waals surface area contributed by atoms with Crippen LogP contribution in [0.3, 0.4) is 0 Å². The molecule has 25 heavy (non-hydrogen) atoms. The molecule has 1 fully saturated rings. The summed E-state index contributed by atoms with van der Waals surface area (Å²) in [6, 6.07) is 8.12. The maximum absolute atomic E-state index is 12.2. The third-order valence-electron chi connectivity index (χ3n) is 4.26. The Labute approximate surface area is 160 Å². The lowest BCUT2D eigenvalue weighted by Crippen LogP contribution is -2.45. The van der Waals surface area contributed by atoms with E-state index < -0.39 is 0 Å². The molecule has 0 unspecified atom stereocenters. The van der Waals surface area contributed by atoms with Crippen molar-refractivity contribution in [3.8, 4) is 5.75 Å². The zero-order valence-corrected chi connectivity index (χ0v) is 16.6. The van der Waals surface area contributed by atoms with Crippen molar-refractivity contribution in [2.45, 2.75) is 25.8 Å². The molecule has 0 spiro atoms. The summed E-state index contributed by atoms with van der Waals surface area (Å²) in [5.41, 5.74) is 0.535. The number of aromatic nitrogens is 1. The normalized spacial score (nSPS) is 15.9. The molecule has 0 atom stereocenters. The van der Waals surface area contributed by atoms with Crippen LogP contribution < -0.4 is 10.1 Å². The molecule has 1 aliphatic heterocycles. The van der Waals surface area contributed by atoms with Crippen LogP contribution in [-0.4, -0.2) is 48.1 Å². The molecule has 0 bridgehead atoms. The Bertz CT molecular complexity index is 697. The predicted molar refractivity (Wildman–Crippen MR) is 103 cm³/mol. The van der Waals surface area contributed by atoms with Gasteiger partial charge in [-0.15, -0.1) is 11.3 Å². The van der Waals surface area contributed by atoms with Crippen molar-refractivity contribution in [1.29, 1.82) is 0 Å². The van der Waals surface area contributed by atoms with E-state index in [-0.39, 0.29) is 11.9 Å². The molecule has 2 aromatic rings. The first kappa shape index (κ1) is 18.4. The van der Waals surface area contributed by atoms with Crippen LogP contribution in [0.2, 0.25) is 0 Å². The summed E-state index contributed by atoms with van der Waals surface area (Å²) in [5, 5.41) is 5.84. The summed E-state index contributed by atoms with van der Waals surface area (Å²) < 4.78 is 6.83. The van der Waals surface area contributed by atoms with Gasteiger partial charge in [0.15, 0.2) is 0 Å². The largest absolute Gasteiger partial charge is 0.492 e. The van der Waals surface area contributed by atoms with Gasteiger partial charge in [-0.2, -0.15) is 0 Å². The average molecular weight is 424 g/mol. The number of likely N-dealkylation sites (tertiary alicyclic amines) is 1. The highest BCUT2D eigenvalue weighted by Crippen LogP contribution is 2.17. The van der Waals surface area contributed by atoms with Gasteiger partial charge >= 0.3 is 0 Å². The van der Waals surface area contributed by atoms with E-state index in [0.29, 0.717) is 12.3 Å². The molecule has 5 nitrogen and oxygen atoms in total. The van der Waals surface area contributed by atoms with Gasteiger partial charge in [-0.25, -0.2) is 4.98 Å². The summed E-state index contributed by atoms with van der Waals surface area (Å²) >= 11 is 4.92. The molecule has 0 aliphatic carbocycles. The first-order valence-electron chi connectivity index (χ1n) is 8.44. The highest BCUT2D eigenvalue weighted by Gasteiger charge is 2.21. The van der Waals surface area contributed by atoms with Crippen LogP contribution in [0, 0.1) is 6.92 Å². The first-order valence-corrected chi connectivity index (χ1v) is 10.1. The van der Waals surface area contributed by atoms with E-state index >= 15 is 0 Å². The number of hydrogen-bond donors (Lipinski definition) is 1. The van der Waals surface area contributed by atoms with Crippen molar-refractivity contribution < 1.29 is 9.53 Å². The van der Waals surface area contributed by atoms with Crippen LogP contribution in [0.5, 0.6) is 5.75 Å². The van der Waals surface area contributed by atoms with Gasteiger partial charge in [0.05, 0.1) is 5.01 Å². The number of rotatable bonds is 6. The quantitative estimate of drug-likeness (QED) is 0.772. The lowest BCUT2D eigenvalue weighted by Gasteiger charge is -2.32. The lowest BCUT2D eigenvalue weighted by molar-refractivity contribution is 0.0901. The second-order valence-corrected chi connectivity index (χ2v) is 8.12. The number of hydrogen-bond acceptors (Lipinski definition) is 5. The highest BCUT2D eigenvalue weighted by atomic mass is 79.9. The molecule has 1 N–H and O–H groups in total. The summed E-state index contributed by atoms with van der Waals surface area (Å²) in [7, 11) is 0. The van der Waals surface area contributed by atoms with Crippen molar-refractivity contribution >= 4 is 33.2 Å². The van der Waals surface area contributed by atoms with Crippen molar-refractivity contribution in [2.24, 2.45) is 0 Å². The number of piperidine rings is 1. The number of benzene rings is 1. The third-order valence-corrected chi connectivity index (χ3v) is 5.57. The van der Waals surface area contributed by atoms with Gasteiger partial charge in [0.25, 0.3) is 5.91 Å². The number of amides is 1. The number of nitrogens with one attached hydrogen (secondary N) is 1. The summed E-state index contributed by atoms with van der Waals surface area (Å²) in [6.07, 6.45) is 1.93. The number of nitrogens with zero attached hydrogens (tertiary/aromatic N) is 2. The van der Waals surface area contributed by atoms with Gasteiger partial charge in [0, 0.05) is 35.5 Å². The summed E-state index contributed by atoms with van der Waals surface area (Å²) in [4.78, 5) is 18.8. The van der Waals surface area contributed by atoms with E-state index in [1.807, 2.05) is 36.6 Å². The molecule has 0 saturated carbocycles. The van der Waals surface area contributed by atoms with E-state index in [0.717, 1.165) is 47.7 Å². The van der Waals surface area contributed by atoms with Gasteiger partial charge in [-0.05, 0) is 44.0 Å². The predicted octanol–water partition coefficient (Wildman–Crippen LogP) is 3.49. The van der Waals surface area contributed by atoms with Gasteiger partial charge in [0.1, 0.15) is 18.1 Å². The topological polar surface area (TPSA) is 54.5 Å². The number of carbonyl (C=O) groups is 1. The Morgan fingerprint density at radius 2 is 2.08 bits per heavy atom. The molecule has 2 heterocycles. The average Bonchev–Trinajstić information content (AvgIpc) is 3.05.